The Hall–Kier alpha value is -3.66. The fourth-order valence-corrected chi connectivity index (χ4v) is 2.95. The average molecular weight is 353 g/mol. The minimum absolute atomic E-state index is 0.682. The van der Waals surface area contributed by atoms with Crippen LogP contribution in [0.1, 0.15) is 0 Å². The molecule has 0 spiro atoms. The average Bonchev–Trinajstić information content (AvgIpc) is 2.75. The Morgan fingerprint density at radius 2 is 1.41 bits per heavy atom. The molecule has 0 fully saturated rings. The third kappa shape index (κ3) is 3.80. The van der Waals surface area contributed by atoms with Gasteiger partial charge in [-0.2, -0.15) is 0 Å². The van der Waals surface area contributed by atoms with Gasteiger partial charge in [0, 0.05) is 22.9 Å². The summed E-state index contributed by atoms with van der Waals surface area (Å²) in [6.45, 7) is 0. The van der Waals surface area contributed by atoms with Crippen LogP contribution in [0.3, 0.4) is 0 Å². The maximum atomic E-state index is 5.29. The lowest BCUT2D eigenvalue weighted by atomic mass is 10.00. The van der Waals surface area contributed by atoms with Gasteiger partial charge in [0.05, 0.1) is 7.11 Å². The molecule has 0 unspecified atom stereocenters. The van der Waals surface area contributed by atoms with E-state index >= 15 is 0 Å². The van der Waals surface area contributed by atoms with Crippen LogP contribution in [0.15, 0.2) is 91.0 Å². The van der Waals surface area contributed by atoms with E-state index in [-0.39, 0.29) is 0 Å². The number of aromatic nitrogens is 2. The molecule has 3 aromatic carbocycles. The zero-order valence-electron chi connectivity index (χ0n) is 15.0. The van der Waals surface area contributed by atoms with Gasteiger partial charge in [0.1, 0.15) is 11.4 Å². The van der Waals surface area contributed by atoms with Crippen LogP contribution in [0, 0.1) is 0 Å². The molecule has 4 heteroatoms. The molecule has 0 saturated heterocycles. The maximum Gasteiger partial charge on any atom is 0.153 e. The molecule has 4 rings (SSSR count). The van der Waals surface area contributed by atoms with Gasteiger partial charge in [-0.3, -0.25) is 0 Å². The number of nitrogens with zero attached hydrogens (tertiary/aromatic N) is 2. The molecule has 4 nitrogen and oxygen atoms in total. The van der Waals surface area contributed by atoms with Gasteiger partial charge in [0.25, 0.3) is 0 Å². The summed E-state index contributed by atoms with van der Waals surface area (Å²) in [4.78, 5) is 0. The molecular weight excluding hydrogens is 334 g/mol. The summed E-state index contributed by atoms with van der Waals surface area (Å²) >= 11 is 0. The molecule has 0 bridgehead atoms. The van der Waals surface area contributed by atoms with Crippen molar-refractivity contribution in [2.24, 2.45) is 0 Å². The van der Waals surface area contributed by atoms with Crippen molar-refractivity contribution in [1.29, 1.82) is 0 Å². The molecule has 0 aliphatic heterocycles. The molecule has 0 aliphatic carbocycles. The highest BCUT2D eigenvalue weighted by atomic mass is 16.5. The number of benzene rings is 3. The van der Waals surface area contributed by atoms with Crippen LogP contribution < -0.4 is 10.1 Å². The Morgan fingerprint density at radius 1 is 0.704 bits per heavy atom. The number of hydrogen-bond acceptors (Lipinski definition) is 4. The Bertz CT molecular complexity index is 1030. The van der Waals surface area contributed by atoms with E-state index < -0.39 is 0 Å². The zero-order chi connectivity index (χ0) is 18.5. The second kappa shape index (κ2) is 7.70. The van der Waals surface area contributed by atoms with Crippen LogP contribution in [-0.4, -0.2) is 17.3 Å². The molecule has 132 valence electrons. The Kier molecular flexibility index (Phi) is 4.79. The van der Waals surface area contributed by atoms with E-state index in [0.717, 1.165) is 33.8 Å². The summed E-state index contributed by atoms with van der Waals surface area (Å²) in [5, 5.41) is 12.2. The number of ether oxygens (including phenoxy) is 1. The second-order valence-corrected chi connectivity index (χ2v) is 6.08. The van der Waals surface area contributed by atoms with Crippen molar-refractivity contribution in [3.8, 4) is 28.1 Å². The van der Waals surface area contributed by atoms with Crippen LogP contribution in [0.2, 0.25) is 0 Å². The third-order valence-corrected chi connectivity index (χ3v) is 4.27. The first-order valence-corrected chi connectivity index (χ1v) is 8.73. The van der Waals surface area contributed by atoms with Crippen LogP contribution in [0.25, 0.3) is 22.4 Å². The Balaban J connectivity index is 1.77. The van der Waals surface area contributed by atoms with Crippen molar-refractivity contribution >= 4 is 11.5 Å². The highest BCUT2D eigenvalue weighted by molar-refractivity contribution is 5.82. The van der Waals surface area contributed by atoms with E-state index in [1.54, 1.807) is 7.11 Å². The standard InChI is InChI=1S/C23H19N3O/c1-27-20-14-8-13-19(15-20)24-22-16-21(17-9-4-2-5-10-17)23(26-25-22)18-11-6-3-7-12-18/h2-16H,1H3,(H,24,25). The summed E-state index contributed by atoms with van der Waals surface area (Å²) in [6, 6.07) is 30.1. The van der Waals surface area contributed by atoms with Crippen molar-refractivity contribution in [1.82, 2.24) is 10.2 Å². The SMILES string of the molecule is COc1cccc(Nc2cc(-c3ccccc3)c(-c3ccccc3)nn2)c1. The largest absolute Gasteiger partial charge is 0.497 e. The van der Waals surface area contributed by atoms with Gasteiger partial charge in [-0.15, -0.1) is 10.2 Å². The van der Waals surface area contributed by atoms with Crippen molar-refractivity contribution in [2.75, 3.05) is 12.4 Å². The van der Waals surface area contributed by atoms with Crippen LogP contribution in [0.5, 0.6) is 5.75 Å². The lowest BCUT2D eigenvalue weighted by Crippen LogP contribution is -1.99. The van der Waals surface area contributed by atoms with Gasteiger partial charge >= 0.3 is 0 Å². The van der Waals surface area contributed by atoms with Gasteiger partial charge in [0.2, 0.25) is 0 Å². The first-order valence-electron chi connectivity index (χ1n) is 8.73. The normalized spacial score (nSPS) is 10.4. The van der Waals surface area contributed by atoms with Gasteiger partial charge in [-0.25, -0.2) is 0 Å². The van der Waals surface area contributed by atoms with E-state index in [1.165, 1.54) is 0 Å². The van der Waals surface area contributed by atoms with Crippen molar-refractivity contribution in [2.45, 2.75) is 0 Å². The van der Waals surface area contributed by atoms with E-state index in [0.29, 0.717) is 5.82 Å². The molecule has 1 aromatic heterocycles. The lowest BCUT2D eigenvalue weighted by Gasteiger charge is -2.12. The predicted octanol–water partition coefficient (Wildman–Crippen LogP) is 5.56. The molecule has 0 atom stereocenters. The highest BCUT2D eigenvalue weighted by Crippen LogP contribution is 2.32. The minimum Gasteiger partial charge on any atom is -0.497 e. The fourth-order valence-electron chi connectivity index (χ4n) is 2.95. The third-order valence-electron chi connectivity index (χ3n) is 4.27. The first kappa shape index (κ1) is 16.8. The number of hydrogen-bond donors (Lipinski definition) is 1. The Labute approximate surface area is 158 Å². The van der Waals surface area contributed by atoms with E-state index in [2.05, 4.69) is 27.6 Å². The zero-order valence-corrected chi connectivity index (χ0v) is 15.0. The number of anilines is 2. The smallest absolute Gasteiger partial charge is 0.153 e. The predicted molar refractivity (Wildman–Crippen MR) is 109 cm³/mol. The first-order chi connectivity index (χ1) is 13.3. The molecular formula is C23H19N3O. The molecule has 1 N–H and O–H groups in total. The van der Waals surface area contributed by atoms with E-state index in [1.807, 2.05) is 78.9 Å². The second-order valence-electron chi connectivity index (χ2n) is 6.08. The molecule has 4 aromatic rings. The van der Waals surface area contributed by atoms with Crippen LogP contribution in [0.4, 0.5) is 11.5 Å². The quantitative estimate of drug-likeness (QED) is 0.510. The lowest BCUT2D eigenvalue weighted by molar-refractivity contribution is 0.415. The topological polar surface area (TPSA) is 47.0 Å². The summed E-state index contributed by atoms with van der Waals surface area (Å²) in [5.74, 6) is 1.47. The van der Waals surface area contributed by atoms with Crippen molar-refractivity contribution in [3.05, 3.63) is 91.0 Å². The molecule has 1 heterocycles. The summed E-state index contributed by atoms with van der Waals surface area (Å²) in [7, 11) is 1.65. The van der Waals surface area contributed by atoms with Crippen molar-refractivity contribution < 1.29 is 4.74 Å². The number of nitrogens with one attached hydrogen (secondary N) is 1. The molecule has 27 heavy (non-hydrogen) atoms. The Morgan fingerprint density at radius 3 is 2.11 bits per heavy atom. The molecule has 0 saturated carbocycles. The summed E-state index contributed by atoms with van der Waals surface area (Å²) in [5.41, 5.74) is 4.92. The maximum absolute atomic E-state index is 5.29. The van der Waals surface area contributed by atoms with Gasteiger partial charge in [0.15, 0.2) is 5.82 Å². The van der Waals surface area contributed by atoms with Gasteiger partial charge < -0.3 is 10.1 Å². The van der Waals surface area contributed by atoms with E-state index in [9.17, 15) is 0 Å². The summed E-state index contributed by atoms with van der Waals surface area (Å²) < 4.78 is 5.29. The molecule has 0 radical (unpaired) electrons. The monoisotopic (exact) mass is 353 g/mol. The highest BCUT2D eigenvalue weighted by Gasteiger charge is 2.12. The molecule has 0 aliphatic rings. The van der Waals surface area contributed by atoms with Crippen molar-refractivity contribution in [3.63, 3.8) is 0 Å². The fraction of sp³-hybridized carbons (Fsp3) is 0.0435. The number of methoxy groups -OCH3 is 1. The van der Waals surface area contributed by atoms with Crippen LogP contribution >= 0.6 is 0 Å². The van der Waals surface area contributed by atoms with Gasteiger partial charge in [-0.05, 0) is 23.8 Å². The van der Waals surface area contributed by atoms with E-state index in [4.69, 9.17) is 4.74 Å². The number of rotatable bonds is 5. The summed E-state index contributed by atoms with van der Waals surface area (Å²) in [6.07, 6.45) is 0. The molecule has 0 amide bonds. The van der Waals surface area contributed by atoms with Crippen LogP contribution in [-0.2, 0) is 0 Å². The van der Waals surface area contributed by atoms with Gasteiger partial charge in [-0.1, -0.05) is 66.7 Å². The minimum atomic E-state index is 0.682.